The first-order valence-corrected chi connectivity index (χ1v) is 9.16. The van der Waals surface area contributed by atoms with Crippen LogP contribution >= 0.6 is 0 Å². The van der Waals surface area contributed by atoms with Gasteiger partial charge in [0, 0.05) is 19.3 Å². The Balaban J connectivity index is 1.71. The molecule has 7 nitrogen and oxygen atoms in total. The van der Waals surface area contributed by atoms with Crippen molar-refractivity contribution in [2.24, 2.45) is 0 Å². The lowest BCUT2D eigenvalue weighted by Gasteiger charge is -2.20. The molecule has 0 amide bonds. The van der Waals surface area contributed by atoms with Crippen molar-refractivity contribution in [1.82, 2.24) is 15.0 Å². The highest BCUT2D eigenvalue weighted by Gasteiger charge is 2.20. The van der Waals surface area contributed by atoms with Crippen LogP contribution in [0.25, 0.3) is 11.0 Å². The maximum Gasteiger partial charge on any atom is 0.338 e. The molecule has 7 heteroatoms. The van der Waals surface area contributed by atoms with Gasteiger partial charge in [-0.15, -0.1) is 0 Å². The van der Waals surface area contributed by atoms with Crippen molar-refractivity contribution in [3.63, 3.8) is 0 Å². The molecule has 0 unspecified atom stereocenters. The van der Waals surface area contributed by atoms with Crippen molar-refractivity contribution < 1.29 is 9.53 Å². The van der Waals surface area contributed by atoms with Gasteiger partial charge in [0.05, 0.1) is 23.2 Å². The minimum absolute atomic E-state index is 0.333. The highest BCUT2D eigenvalue weighted by Crippen LogP contribution is 2.29. The van der Waals surface area contributed by atoms with Gasteiger partial charge in [-0.2, -0.15) is 0 Å². The van der Waals surface area contributed by atoms with Crippen LogP contribution in [0.15, 0.2) is 42.6 Å². The van der Waals surface area contributed by atoms with Crippen LogP contribution in [-0.4, -0.2) is 40.6 Å². The number of carbonyl (C=O) groups is 1. The van der Waals surface area contributed by atoms with Gasteiger partial charge in [-0.3, -0.25) is 0 Å². The topological polar surface area (TPSA) is 80.2 Å². The van der Waals surface area contributed by atoms with Crippen LogP contribution in [-0.2, 0) is 4.74 Å². The van der Waals surface area contributed by atoms with E-state index < -0.39 is 0 Å². The molecule has 0 radical (unpaired) electrons. The minimum atomic E-state index is -0.368. The fraction of sp³-hybridized carbons (Fsp3) is 0.300. The molecule has 2 aromatic heterocycles. The Bertz CT molecular complexity index is 969. The van der Waals surface area contributed by atoms with Gasteiger partial charge in [-0.25, -0.2) is 19.7 Å². The van der Waals surface area contributed by atoms with Crippen molar-refractivity contribution in [1.29, 1.82) is 0 Å². The van der Waals surface area contributed by atoms with Crippen molar-refractivity contribution in [3.8, 4) is 0 Å². The monoisotopic (exact) mass is 363 g/mol. The third-order valence-electron chi connectivity index (χ3n) is 4.48. The Labute approximate surface area is 157 Å². The molecular weight excluding hydrogens is 342 g/mol. The number of pyridine rings is 1. The first-order chi connectivity index (χ1) is 13.2. The molecule has 1 aromatic carbocycles. The van der Waals surface area contributed by atoms with Gasteiger partial charge in [0.15, 0.2) is 11.6 Å². The summed E-state index contributed by atoms with van der Waals surface area (Å²) in [5, 5.41) is 3.24. The Hall–Kier alpha value is -3.22. The summed E-state index contributed by atoms with van der Waals surface area (Å²) in [5.41, 5.74) is 2.12. The zero-order valence-corrected chi connectivity index (χ0v) is 15.2. The van der Waals surface area contributed by atoms with E-state index in [0.717, 1.165) is 42.8 Å². The smallest absolute Gasteiger partial charge is 0.338 e. The number of esters is 1. The molecule has 3 aromatic rings. The minimum Gasteiger partial charge on any atom is -0.462 e. The van der Waals surface area contributed by atoms with Gasteiger partial charge >= 0.3 is 5.97 Å². The summed E-state index contributed by atoms with van der Waals surface area (Å²) in [6, 6.07) is 11.1. The van der Waals surface area contributed by atoms with Crippen LogP contribution in [0.4, 0.5) is 17.5 Å². The fourth-order valence-corrected chi connectivity index (χ4v) is 3.19. The van der Waals surface area contributed by atoms with Crippen LogP contribution in [0.3, 0.4) is 0 Å². The lowest BCUT2D eigenvalue weighted by Crippen LogP contribution is -2.21. The van der Waals surface area contributed by atoms with Gasteiger partial charge in [-0.05, 0) is 44.0 Å². The lowest BCUT2D eigenvalue weighted by molar-refractivity contribution is 0.0526. The summed E-state index contributed by atoms with van der Waals surface area (Å²) >= 11 is 0. The molecular formula is C20H21N5O2. The molecule has 0 bridgehead atoms. The van der Waals surface area contributed by atoms with Gasteiger partial charge < -0.3 is 15.0 Å². The number of hydrogen-bond acceptors (Lipinski definition) is 7. The number of nitrogens with zero attached hydrogens (tertiary/aromatic N) is 4. The Morgan fingerprint density at radius 1 is 1.15 bits per heavy atom. The number of fused-ring (bicyclic) bond motifs is 1. The zero-order valence-electron chi connectivity index (χ0n) is 15.2. The molecule has 0 atom stereocenters. The van der Waals surface area contributed by atoms with Crippen LogP contribution in [0.1, 0.15) is 30.1 Å². The molecule has 1 N–H and O–H groups in total. The largest absolute Gasteiger partial charge is 0.462 e. The average molecular weight is 363 g/mol. The maximum absolute atomic E-state index is 12.0. The number of anilines is 3. The second kappa shape index (κ2) is 7.57. The van der Waals surface area contributed by atoms with Crippen LogP contribution in [0.5, 0.6) is 0 Å². The third kappa shape index (κ3) is 3.67. The number of rotatable bonds is 5. The summed E-state index contributed by atoms with van der Waals surface area (Å²) in [7, 11) is 0. The number of benzene rings is 1. The maximum atomic E-state index is 12.0. The van der Waals surface area contributed by atoms with Gasteiger partial charge in [-0.1, -0.05) is 12.1 Å². The van der Waals surface area contributed by atoms with Crippen molar-refractivity contribution in [2.45, 2.75) is 19.8 Å². The van der Waals surface area contributed by atoms with Crippen LogP contribution in [0, 0.1) is 0 Å². The van der Waals surface area contributed by atoms with Crippen LogP contribution in [0.2, 0.25) is 0 Å². The van der Waals surface area contributed by atoms with E-state index in [1.165, 1.54) is 0 Å². The predicted molar refractivity (Wildman–Crippen MR) is 104 cm³/mol. The number of carbonyl (C=O) groups excluding carboxylic acids is 1. The number of hydrogen-bond donors (Lipinski definition) is 1. The first kappa shape index (κ1) is 17.2. The molecule has 138 valence electrons. The zero-order chi connectivity index (χ0) is 18.6. The van der Waals surface area contributed by atoms with E-state index in [9.17, 15) is 4.79 Å². The number of aromatic nitrogens is 3. The molecule has 0 aliphatic carbocycles. The molecule has 0 saturated carbocycles. The quantitative estimate of drug-likeness (QED) is 0.694. The summed E-state index contributed by atoms with van der Waals surface area (Å²) in [4.78, 5) is 28.1. The first-order valence-electron chi connectivity index (χ1n) is 9.16. The molecule has 1 saturated heterocycles. The molecule has 27 heavy (non-hydrogen) atoms. The van der Waals surface area contributed by atoms with E-state index >= 15 is 0 Å². The van der Waals surface area contributed by atoms with Crippen LogP contribution < -0.4 is 10.2 Å². The normalized spacial score (nSPS) is 13.7. The molecule has 3 heterocycles. The lowest BCUT2D eigenvalue weighted by atomic mass is 10.2. The Kier molecular flexibility index (Phi) is 4.82. The fourth-order valence-electron chi connectivity index (χ4n) is 3.19. The SMILES string of the molecule is CCOC(=O)c1ccnc(Nc2nc3ccccc3nc2N2CCCC2)c1. The van der Waals surface area contributed by atoms with Crippen molar-refractivity contribution in [3.05, 3.63) is 48.2 Å². The van der Waals surface area contributed by atoms with E-state index in [1.54, 1.807) is 25.3 Å². The van der Waals surface area contributed by atoms with E-state index in [1.807, 2.05) is 24.3 Å². The number of ether oxygens (including phenoxy) is 1. The molecule has 0 spiro atoms. The number of nitrogens with one attached hydrogen (secondary N) is 1. The average Bonchev–Trinajstić information content (AvgIpc) is 3.22. The Morgan fingerprint density at radius 2 is 1.89 bits per heavy atom. The second-order valence-corrected chi connectivity index (χ2v) is 6.35. The summed E-state index contributed by atoms with van der Waals surface area (Å²) in [5.74, 6) is 1.62. The molecule has 1 aliphatic rings. The Morgan fingerprint density at radius 3 is 2.63 bits per heavy atom. The molecule has 4 rings (SSSR count). The molecule has 1 fully saturated rings. The second-order valence-electron chi connectivity index (χ2n) is 6.35. The van der Waals surface area contributed by atoms with E-state index in [4.69, 9.17) is 14.7 Å². The van der Waals surface area contributed by atoms with Gasteiger partial charge in [0.2, 0.25) is 0 Å². The van der Waals surface area contributed by atoms with Gasteiger partial charge in [0.1, 0.15) is 5.82 Å². The predicted octanol–water partition coefficient (Wildman–Crippen LogP) is 3.55. The van der Waals surface area contributed by atoms with Crippen molar-refractivity contribution in [2.75, 3.05) is 29.9 Å². The van der Waals surface area contributed by atoms with E-state index in [0.29, 0.717) is 23.8 Å². The molecule has 1 aliphatic heterocycles. The third-order valence-corrected chi connectivity index (χ3v) is 4.48. The standard InChI is InChI=1S/C20H21N5O2/c1-2-27-20(26)14-9-10-21-17(13-14)24-18-19(25-11-5-6-12-25)23-16-8-4-3-7-15(16)22-18/h3-4,7-10,13H,2,5-6,11-12H2,1H3,(H,21,22,24). The van der Waals surface area contributed by atoms with Crippen molar-refractivity contribution >= 4 is 34.5 Å². The highest BCUT2D eigenvalue weighted by molar-refractivity contribution is 5.90. The number of para-hydroxylation sites is 2. The highest BCUT2D eigenvalue weighted by atomic mass is 16.5. The van der Waals surface area contributed by atoms with E-state index in [2.05, 4.69) is 15.2 Å². The summed E-state index contributed by atoms with van der Waals surface area (Å²) < 4.78 is 5.07. The summed E-state index contributed by atoms with van der Waals surface area (Å²) in [6.07, 6.45) is 3.87. The van der Waals surface area contributed by atoms with Gasteiger partial charge in [0.25, 0.3) is 0 Å². The van der Waals surface area contributed by atoms with E-state index in [-0.39, 0.29) is 5.97 Å². The summed E-state index contributed by atoms with van der Waals surface area (Å²) in [6.45, 7) is 4.03.